The molecule has 282 valence electrons. The number of aryl methyl sites for hydroxylation is 1. The van der Waals surface area contributed by atoms with Gasteiger partial charge in [-0.25, -0.2) is 9.97 Å². The molecule has 18 heteroatoms. The molecular weight excluding hydrogens is 733 g/mol. The predicted molar refractivity (Wildman–Crippen MR) is 188 cm³/mol. The lowest BCUT2D eigenvalue weighted by Crippen LogP contribution is -2.47. The minimum atomic E-state index is -4.64. The van der Waals surface area contributed by atoms with Crippen LogP contribution in [0.5, 0.6) is 5.75 Å². The van der Waals surface area contributed by atoms with E-state index in [1.807, 2.05) is 0 Å². The van der Waals surface area contributed by atoms with E-state index in [0.717, 1.165) is 16.6 Å². The number of aromatic hydroxyl groups is 1. The number of anilines is 1. The van der Waals surface area contributed by atoms with Crippen molar-refractivity contribution in [3.8, 4) is 17.1 Å². The lowest BCUT2D eigenvalue weighted by molar-refractivity contribution is -0.137. The van der Waals surface area contributed by atoms with Gasteiger partial charge in [-0.05, 0) is 64.3 Å². The third-order valence-electron chi connectivity index (χ3n) is 9.82. The smallest absolute Gasteiger partial charge is 0.416 e. The van der Waals surface area contributed by atoms with Gasteiger partial charge in [-0.3, -0.25) is 14.4 Å². The molecule has 0 radical (unpaired) electrons. The highest BCUT2D eigenvalue weighted by atomic mass is 35.5. The molecule has 0 aliphatic carbocycles. The van der Waals surface area contributed by atoms with Crippen molar-refractivity contribution in [2.75, 3.05) is 18.4 Å². The number of rotatable bonds is 6. The Balaban J connectivity index is 1.28. The maximum atomic E-state index is 14.5. The zero-order valence-electron chi connectivity index (χ0n) is 29.4. The van der Waals surface area contributed by atoms with Crippen LogP contribution < -0.4 is 10.9 Å². The number of carbonyl (C=O) groups is 2. The zero-order valence-corrected chi connectivity index (χ0v) is 30.2. The molecule has 1 saturated heterocycles. The van der Waals surface area contributed by atoms with E-state index in [1.54, 1.807) is 52.0 Å². The van der Waals surface area contributed by atoms with Gasteiger partial charge in [-0.15, -0.1) is 5.10 Å². The Morgan fingerprint density at radius 3 is 2.37 bits per heavy atom. The van der Waals surface area contributed by atoms with Crippen molar-refractivity contribution in [3.63, 3.8) is 0 Å². The molecule has 2 amide bonds. The molecule has 3 aromatic heterocycles. The number of ether oxygens (including phenoxy) is 1. The SMILES string of the molecule is Cc1ncnc(C(=O)N2CCC3(CC2)O[C@H](C)c2c3c(=O)n3nc(-c4ccc(C(C)(C)O)cc4)nc3n2CC(=O)Nc2ccc(C(F)(F)F)cc2Cl)c1O. The molecule has 7 rings (SSSR count). The van der Waals surface area contributed by atoms with Gasteiger partial charge in [-0.2, -0.15) is 22.7 Å². The molecule has 1 spiro atoms. The van der Waals surface area contributed by atoms with Crippen LogP contribution in [0.25, 0.3) is 17.2 Å². The summed E-state index contributed by atoms with van der Waals surface area (Å²) < 4.78 is 48.9. The van der Waals surface area contributed by atoms with Crippen LogP contribution in [0.1, 0.15) is 78.3 Å². The Hall–Kier alpha value is -5.39. The second-order valence-electron chi connectivity index (χ2n) is 13.9. The third-order valence-corrected chi connectivity index (χ3v) is 10.1. The number of benzene rings is 2. The molecule has 14 nitrogen and oxygen atoms in total. The highest BCUT2D eigenvalue weighted by Gasteiger charge is 2.50. The summed E-state index contributed by atoms with van der Waals surface area (Å²) in [5.41, 5.74) is -2.05. The fraction of sp³-hybridized carbons (Fsp3) is 0.361. The van der Waals surface area contributed by atoms with E-state index in [2.05, 4.69) is 25.4 Å². The van der Waals surface area contributed by atoms with Crippen molar-refractivity contribution in [1.29, 1.82) is 0 Å². The number of aromatic nitrogens is 6. The topological polar surface area (TPSA) is 177 Å². The van der Waals surface area contributed by atoms with Crippen molar-refractivity contribution in [3.05, 3.63) is 97.9 Å². The first-order valence-electron chi connectivity index (χ1n) is 16.9. The number of nitrogens with one attached hydrogen (secondary N) is 1. The summed E-state index contributed by atoms with van der Waals surface area (Å²) in [5, 5.41) is 27.7. The van der Waals surface area contributed by atoms with Gasteiger partial charge in [0.1, 0.15) is 18.5 Å². The number of piperidine rings is 1. The fourth-order valence-electron chi connectivity index (χ4n) is 7.02. The number of likely N-dealkylation sites (tertiary alicyclic amines) is 1. The molecule has 1 fully saturated rings. The fourth-order valence-corrected chi connectivity index (χ4v) is 7.25. The predicted octanol–water partition coefficient (Wildman–Crippen LogP) is 5.12. The first-order valence-corrected chi connectivity index (χ1v) is 17.3. The van der Waals surface area contributed by atoms with E-state index in [0.29, 0.717) is 22.9 Å². The average Bonchev–Trinajstić information content (AvgIpc) is 3.68. The number of alkyl halides is 3. The normalized spacial score (nSPS) is 16.9. The summed E-state index contributed by atoms with van der Waals surface area (Å²) in [4.78, 5) is 55.5. The lowest BCUT2D eigenvalue weighted by Gasteiger charge is -2.39. The molecule has 5 heterocycles. The summed E-state index contributed by atoms with van der Waals surface area (Å²) in [7, 11) is 0. The third kappa shape index (κ3) is 6.45. The molecule has 5 aromatic rings. The second-order valence-corrected chi connectivity index (χ2v) is 14.3. The van der Waals surface area contributed by atoms with Gasteiger partial charge in [0.2, 0.25) is 11.7 Å². The maximum absolute atomic E-state index is 14.5. The Labute approximate surface area is 310 Å². The summed E-state index contributed by atoms with van der Waals surface area (Å²) in [6.07, 6.45) is -3.85. The van der Waals surface area contributed by atoms with Gasteiger partial charge in [0, 0.05) is 18.7 Å². The van der Waals surface area contributed by atoms with Crippen LogP contribution in [0.4, 0.5) is 18.9 Å². The van der Waals surface area contributed by atoms with Gasteiger partial charge in [0.15, 0.2) is 17.3 Å². The Kier molecular flexibility index (Phi) is 9.01. The lowest BCUT2D eigenvalue weighted by atomic mass is 9.85. The number of aliphatic hydroxyl groups is 1. The molecule has 0 unspecified atom stereocenters. The highest BCUT2D eigenvalue weighted by Crippen LogP contribution is 2.48. The minimum absolute atomic E-state index is 0.00343. The molecule has 2 aliphatic heterocycles. The summed E-state index contributed by atoms with van der Waals surface area (Å²) in [5.74, 6) is -1.36. The van der Waals surface area contributed by atoms with E-state index < -0.39 is 53.0 Å². The van der Waals surface area contributed by atoms with Gasteiger partial charge in [0.25, 0.3) is 11.5 Å². The van der Waals surface area contributed by atoms with Crippen LogP contribution in [-0.2, 0) is 33.5 Å². The first kappa shape index (κ1) is 36.9. The van der Waals surface area contributed by atoms with E-state index in [-0.39, 0.29) is 70.9 Å². The van der Waals surface area contributed by atoms with E-state index in [9.17, 15) is 37.8 Å². The van der Waals surface area contributed by atoms with Crippen molar-refractivity contribution in [1.82, 2.24) is 34.0 Å². The van der Waals surface area contributed by atoms with Crippen molar-refractivity contribution >= 4 is 34.9 Å². The van der Waals surface area contributed by atoms with Gasteiger partial charge >= 0.3 is 6.18 Å². The molecule has 2 aromatic carbocycles. The molecule has 1 atom stereocenters. The van der Waals surface area contributed by atoms with Crippen LogP contribution in [-0.4, -0.2) is 69.1 Å². The number of carbonyl (C=O) groups excluding carboxylic acids is 2. The first-order chi connectivity index (χ1) is 25.4. The molecule has 2 aliphatic rings. The summed E-state index contributed by atoms with van der Waals surface area (Å²) in [6, 6.07) is 9.37. The number of halogens is 4. The highest BCUT2D eigenvalue weighted by molar-refractivity contribution is 6.33. The number of hydrogen-bond acceptors (Lipinski definition) is 10. The van der Waals surface area contributed by atoms with E-state index in [1.165, 1.54) is 15.8 Å². The van der Waals surface area contributed by atoms with Gasteiger partial charge in [0.05, 0.1) is 44.9 Å². The number of amides is 2. The van der Waals surface area contributed by atoms with E-state index >= 15 is 0 Å². The summed E-state index contributed by atoms with van der Waals surface area (Å²) >= 11 is 6.14. The van der Waals surface area contributed by atoms with Crippen LogP contribution in [0.3, 0.4) is 0 Å². The van der Waals surface area contributed by atoms with Crippen LogP contribution in [0, 0.1) is 6.92 Å². The average molecular weight is 767 g/mol. The minimum Gasteiger partial charge on any atom is -0.504 e. The number of nitrogens with zero attached hydrogens (tertiary/aromatic N) is 7. The van der Waals surface area contributed by atoms with Crippen LogP contribution in [0.15, 0.2) is 53.6 Å². The van der Waals surface area contributed by atoms with Gasteiger partial charge < -0.3 is 29.7 Å². The Bertz CT molecular complexity index is 2380. The largest absolute Gasteiger partial charge is 0.504 e. The maximum Gasteiger partial charge on any atom is 0.416 e. The Morgan fingerprint density at radius 2 is 1.74 bits per heavy atom. The van der Waals surface area contributed by atoms with Gasteiger partial charge in [-0.1, -0.05) is 35.9 Å². The monoisotopic (exact) mass is 766 g/mol. The molecular formula is C36H34ClF3N8O6. The number of fused-ring (bicyclic) bond motifs is 3. The molecule has 3 N–H and O–H groups in total. The Morgan fingerprint density at radius 1 is 1.07 bits per heavy atom. The van der Waals surface area contributed by atoms with E-state index in [4.69, 9.17) is 16.3 Å². The van der Waals surface area contributed by atoms with Crippen molar-refractivity contribution in [2.24, 2.45) is 0 Å². The van der Waals surface area contributed by atoms with Crippen molar-refractivity contribution < 1.29 is 37.7 Å². The molecule has 0 bridgehead atoms. The summed E-state index contributed by atoms with van der Waals surface area (Å²) in [6.45, 7) is 6.36. The standard InChI is InChI=1S/C36H34ClF3N8O6/c1-18-29(50)27(42-17-41-18)32(52)46-13-11-35(12-14-46)26-28(19(2)54-35)47(16-25(49)43-24-10-9-22(15-23(24)37)36(38,39)40)33-44-30(45-48(33)31(26)51)20-5-7-21(8-6-20)34(3,4)53/h5-10,15,17,19,50,53H,11-14,16H2,1-4H3,(H,43,49)/t19-/m1/s1. The zero-order chi connectivity index (χ0) is 38.9. The van der Waals surface area contributed by atoms with Crippen LogP contribution in [0.2, 0.25) is 5.02 Å². The van der Waals surface area contributed by atoms with Crippen molar-refractivity contribution in [2.45, 2.75) is 70.6 Å². The number of hydrogen-bond donors (Lipinski definition) is 3. The quantitative estimate of drug-likeness (QED) is 0.210. The molecule has 0 saturated carbocycles. The van der Waals surface area contributed by atoms with Crippen LogP contribution >= 0.6 is 11.6 Å². The molecule has 54 heavy (non-hydrogen) atoms. The second kappa shape index (κ2) is 13.2.